The molecule has 3 rings (SSSR count). The molecule has 0 unspecified atom stereocenters. The first kappa shape index (κ1) is 13.7. The molecule has 0 saturated heterocycles. The molecule has 3 heteroatoms. The highest BCUT2D eigenvalue weighted by molar-refractivity contribution is 5.39. The average Bonchev–Trinajstić information content (AvgIpc) is 2.54. The molecule has 1 aliphatic carbocycles. The van der Waals surface area contributed by atoms with Crippen molar-refractivity contribution in [2.24, 2.45) is 5.73 Å². The summed E-state index contributed by atoms with van der Waals surface area (Å²) in [5.41, 5.74) is 10.4. The molecule has 0 fully saturated rings. The fourth-order valence-electron chi connectivity index (χ4n) is 2.80. The zero-order valence-electron chi connectivity index (χ0n) is 11.9. The maximum Gasteiger partial charge on any atom is 0.120 e. The molecule has 0 heterocycles. The third kappa shape index (κ3) is 3.07. The van der Waals surface area contributed by atoms with Gasteiger partial charge in [-0.3, -0.25) is 0 Å². The fourth-order valence-corrected chi connectivity index (χ4v) is 2.80. The first-order valence-corrected chi connectivity index (χ1v) is 7.26. The van der Waals surface area contributed by atoms with E-state index in [1.165, 1.54) is 11.1 Å². The van der Waals surface area contributed by atoms with Crippen LogP contribution in [0.3, 0.4) is 0 Å². The van der Waals surface area contributed by atoms with Crippen LogP contribution in [0.25, 0.3) is 0 Å². The Morgan fingerprint density at radius 1 is 1.24 bits per heavy atom. The van der Waals surface area contributed by atoms with E-state index in [-0.39, 0.29) is 6.04 Å². The van der Waals surface area contributed by atoms with Gasteiger partial charge in [-0.05, 0) is 60.2 Å². The van der Waals surface area contributed by atoms with Crippen LogP contribution >= 0.6 is 0 Å². The first-order chi connectivity index (χ1) is 10.3. The van der Waals surface area contributed by atoms with Crippen LogP contribution in [-0.4, -0.2) is 0 Å². The van der Waals surface area contributed by atoms with Gasteiger partial charge in [0.25, 0.3) is 0 Å². The van der Waals surface area contributed by atoms with E-state index in [1.54, 1.807) is 6.07 Å². The minimum absolute atomic E-state index is 0.124. The van der Waals surface area contributed by atoms with Crippen LogP contribution in [0, 0.1) is 11.3 Å². The predicted molar refractivity (Wildman–Crippen MR) is 81.8 cm³/mol. The van der Waals surface area contributed by atoms with Crippen molar-refractivity contribution >= 4 is 0 Å². The summed E-state index contributed by atoms with van der Waals surface area (Å²) in [5.74, 6) is 0.841. The monoisotopic (exact) mass is 278 g/mol. The number of rotatable bonds is 3. The van der Waals surface area contributed by atoms with Gasteiger partial charge >= 0.3 is 0 Å². The first-order valence-electron chi connectivity index (χ1n) is 7.26. The number of nitrogens with zero attached hydrogens (tertiary/aromatic N) is 1. The molecule has 3 nitrogen and oxygen atoms in total. The minimum atomic E-state index is 0.124. The van der Waals surface area contributed by atoms with E-state index in [4.69, 9.17) is 15.7 Å². The molecule has 0 spiro atoms. The van der Waals surface area contributed by atoms with Crippen molar-refractivity contribution in [3.05, 3.63) is 64.7 Å². The maximum atomic E-state index is 8.90. The van der Waals surface area contributed by atoms with Gasteiger partial charge in [-0.25, -0.2) is 0 Å². The molecule has 21 heavy (non-hydrogen) atoms. The third-order valence-corrected chi connectivity index (χ3v) is 3.94. The summed E-state index contributed by atoms with van der Waals surface area (Å²) in [6.07, 6.45) is 3.31. The van der Waals surface area contributed by atoms with Gasteiger partial charge in [0, 0.05) is 6.04 Å². The molecular formula is C18H18N2O. The fraction of sp³-hybridized carbons (Fsp3) is 0.278. The lowest BCUT2D eigenvalue weighted by molar-refractivity contribution is 0.305. The van der Waals surface area contributed by atoms with Crippen LogP contribution in [0.5, 0.6) is 5.75 Å². The maximum absolute atomic E-state index is 8.90. The van der Waals surface area contributed by atoms with Gasteiger partial charge < -0.3 is 10.5 Å². The molecule has 0 amide bonds. The van der Waals surface area contributed by atoms with Gasteiger partial charge in [0.05, 0.1) is 11.6 Å². The molecule has 2 aromatic rings. The molecule has 1 atom stereocenters. The second-order valence-electron chi connectivity index (χ2n) is 5.46. The SMILES string of the molecule is N#Cc1cccc(COc2ccc3c(c2)[C@@H](N)CCC3)c1. The number of hydrogen-bond donors (Lipinski definition) is 1. The van der Waals surface area contributed by atoms with Crippen LogP contribution in [0.15, 0.2) is 42.5 Å². The van der Waals surface area contributed by atoms with E-state index in [0.29, 0.717) is 12.2 Å². The van der Waals surface area contributed by atoms with Crippen LogP contribution < -0.4 is 10.5 Å². The molecule has 106 valence electrons. The number of benzene rings is 2. The zero-order chi connectivity index (χ0) is 14.7. The highest BCUT2D eigenvalue weighted by Gasteiger charge is 2.17. The summed E-state index contributed by atoms with van der Waals surface area (Å²) in [7, 11) is 0. The smallest absolute Gasteiger partial charge is 0.120 e. The summed E-state index contributed by atoms with van der Waals surface area (Å²) in [6, 6.07) is 15.9. The number of nitrogens with two attached hydrogens (primary N) is 1. The zero-order valence-corrected chi connectivity index (χ0v) is 11.9. The highest BCUT2D eigenvalue weighted by atomic mass is 16.5. The van der Waals surface area contributed by atoms with Gasteiger partial charge in [0.2, 0.25) is 0 Å². The topological polar surface area (TPSA) is 59.0 Å². The lowest BCUT2D eigenvalue weighted by Crippen LogP contribution is -2.17. The Hall–Kier alpha value is -2.31. The van der Waals surface area contributed by atoms with Crippen LogP contribution in [-0.2, 0) is 13.0 Å². The molecule has 2 N–H and O–H groups in total. The molecular weight excluding hydrogens is 260 g/mol. The van der Waals surface area contributed by atoms with E-state index < -0.39 is 0 Å². The summed E-state index contributed by atoms with van der Waals surface area (Å²) >= 11 is 0. The number of nitriles is 1. The Kier molecular flexibility index (Phi) is 3.89. The third-order valence-electron chi connectivity index (χ3n) is 3.94. The molecule has 0 saturated carbocycles. The standard InChI is InChI=1S/C18H18N2O/c19-11-13-3-1-4-14(9-13)12-21-16-8-7-15-5-2-6-18(20)17(15)10-16/h1,3-4,7-10,18H,2,5-6,12,20H2/t18-/m0/s1. The Bertz CT molecular complexity index is 688. The second-order valence-corrected chi connectivity index (χ2v) is 5.46. The number of aryl methyl sites for hydroxylation is 1. The highest BCUT2D eigenvalue weighted by Crippen LogP contribution is 2.31. The molecule has 0 aromatic heterocycles. The van der Waals surface area contributed by atoms with Crippen molar-refractivity contribution in [1.82, 2.24) is 0 Å². The van der Waals surface area contributed by atoms with Crippen molar-refractivity contribution < 1.29 is 4.74 Å². The van der Waals surface area contributed by atoms with Crippen molar-refractivity contribution in [2.75, 3.05) is 0 Å². The van der Waals surface area contributed by atoms with Gasteiger partial charge in [0.1, 0.15) is 12.4 Å². The predicted octanol–water partition coefficient (Wildman–Crippen LogP) is 3.47. The van der Waals surface area contributed by atoms with Gasteiger partial charge in [-0.1, -0.05) is 18.2 Å². The average molecular weight is 278 g/mol. The van der Waals surface area contributed by atoms with Gasteiger partial charge in [0.15, 0.2) is 0 Å². The molecule has 1 aliphatic rings. The Morgan fingerprint density at radius 2 is 2.14 bits per heavy atom. The lowest BCUT2D eigenvalue weighted by Gasteiger charge is -2.22. The van der Waals surface area contributed by atoms with Crippen LogP contribution in [0.1, 0.15) is 41.1 Å². The Morgan fingerprint density at radius 3 is 3.00 bits per heavy atom. The second kappa shape index (κ2) is 5.99. The Labute approximate surface area is 125 Å². The molecule has 2 aromatic carbocycles. The van der Waals surface area contributed by atoms with Crippen LogP contribution in [0.2, 0.25) is 0 Å². The summed E-state index contributed by atoms with van der Waals surface area (Å²) < 4.78 is 5.84. The van der Waals surface area contributed by atoms with Gasteiger partial charge in [-0.15, -0.1) is 0 Å². The minimum Gasteiger partial charge on any atom is -0.489 e. The molecule has 0 radical (unpaired) electrons. The van der Waals surface area contributed by atoms with Crippen molar-refractivity contribution in [3.63, 3.8) is 0 Å². The number of ether oxygens (including phenoxy) is 1. The number of fused-ring (bicyclic) bond motifs is 1. The summed E-state index contributed by atoms with van der Waals surface area (Å²) in [6.45, 7) is 0.462. The van der Waals surface area contributed by atoms with E-state index in [1.807, 2.05) is 24.3 Å². The number of hydrogen-bond acceptors (Lipinski definition) is 3. The van der Waals surface area contributed by atoms with E-state index in [0.717, 1.165) is 30.6 Å². The Balaban J connectivity index is 1.73. The van der Waals surface area contributed by atoms with Crippen LogP contribution in [0.4, 0.5) is 0 Å². The lowest BCUT2D eigenvalue weighted by atomic mass is 9.88. The summed E-state index contributed by atoms with van der Waals surface area (Å²) in [4.78, 5) is 0. The normalized spacial score (nSPS) is 16.9. The van der Waals surface area contributed by atoms with E-state index in [9.17, 15) is 0 Å². The summed E-state index contributed by atoms with van der Waals surface area (Å²) in [5, 5.41) is 8.90. The molecule has 0 bridgehead atoms. The van der Waals surface area contributed by atoms with E-state index >= 15 is 0 Å². The quantitative estimate of drug-likeness (QED) is 0.935. The largest absolute Gasteiger partial charge is 0.489 e. The van der Waals surface area contributed by atoms with Crippen molar-refractivity contribution in [3.8, 4) is 11.8 Å². The van der Waals surface area contributed by atoms with Gasteiger partial charge in [-0.2, -0.15) is 5.26 Å². The molecule has 0 aliphatic heterocycles. The van der Waals surface area contributed by atoms with E-state index in [2.05, 4.69) is 18.2 Å². The van der Waals surface area contributed by atoms with Crippen molar-refractivity contribution in [1.29, 1.82) is 5.26 Å². The van der Waals surface area contributed by atoms with Crippen molar-refractivity contribution in [2.45, 2.75) is 31.9 Å².